The molecule has 0 amide bonds. The molecule has 100 valence electrons. The van der Waals surface area contributed by atoms with Gasteiger partial charge in [0.25, 0.3) is 5.69 Å². The summed E-state index contributed by atoms with van der Waals surface area (Å²) in [5.41, 5.74) is 1.08. The summed E-state index contributed by atoms with van der Waals surface area (Å²) in [6.45, 7) is 0.230. The third-order valence-electron chi connectivity index (χ3n) is 2.69. The van der Waals surface area contributed by atoms with Crippen molar-refractivity contribution in [3.8, 4) is 6.07 Å². The molecule has 2 rings (SSSR count). The van der Waals surface area contributed by atoms with Crippen LogP contribution in [-0.2, 0) is 6.54 Å². The van der Waals surface area contributed by atoms with Crippen molar-refractivity contribution in [2.75, 3.05) is 5.32 Å². The number of nitrogens with one attached hydrogen (secondary N) is 1. The molecule has 5 nitrogen and oxygen atoms in total. The minimum Gasteiger partial charge on any atom is -0.375 e. The zero-order valence-corrected chi connectivity index (χ0v) is 10.3. The van der Waals surface area contributed by atoms with Crippen molar-refractivity contribution >= 4 is 11.4 Å². The van der Waals surface area contributed by atoms with E-state index in [2.05, 4.69) is 5.32 Å². The van der Waals surface area contributed by atoms with Crippen molar-refractivity contribution in [2.45, 2.75) is 6.54 Å². The molecule has 0 saturated carbocycles. The van der Waals surface area contributed by atoms with Crippen LogP contribution in [-0.4, -0.2) is 4.92 Å². The van der Waals surface area contributed by atoms with E-state index in [0.29, 0.717) is 11.1 Å². The van der Waals surface area contributed by atoms with Crippen LogP contribution in [0.2, 0.25) is 0 Å². The second kappa shape index (κ2) is 5.80. The first-order chi connectivity index (χ1) is 9.60. The summed E-state index contributed by atoms with van der Waals surface area (Å²) in [4.78, 5) is 10.4. The van der Waals surface area contributed by atoms with Gasteiger partial charge >= 0.3 is 0 Å². The van der Waals surface area contributed by atoms with Crippen molar-refractivity contribution in [1.29, 1.82) is 5.26 Å². The molecule has 6 heteroatoms. The van der Waals surface area contributed by atoms with Gasteiger partial charge in [0.15, 0.2) is 0 Å². The minimum absolute atomic E-state index is 0.125. The molecule has 0 atom stereocenters. The number of nitro benzene ring substituents is 1. The van der Waals surface area contributed by atoms with Gasteiger partial charge in [-0.05, 0) is 29.8 Å². The van der Waals surface area contributed by atoms with Gasteiger partial charge < -0.3 is 5.32 Å². The van der Waals surface area contributed by atoms with Crippen molar-refractivity contribution in [3.05, 3.63) is 69.5 Å². The largest absolute Gasteiger partial charge is 0.375 e. The number of nitriles is 1. The Morgan fingerprint density at radius 1 is 1.30 bits per heavy atom. The summed E-state index contributed by atoms with van der Waals surface area (Å²) < 4.78 is 13.0. The highest BCUT2D eigenvalue weighted by molar-refractivity contribution is 5.64. The lowest BCUT2D eigenvalue weighted by Crippen LogP contribution is -2.03. The molecule has 0 aliphatic carbocycles. The van der Waals surface area contributed by atoms with Gasteiger partial charge in [0.05, 0.1) is 16.6 Å². The summed E-state index contributed by atoms with van der Waals surface area (Å²) >= 11 is 0. The molecule has 0 aliphatic rings. The van der Waals surface area contributed by atoms with E-state index in [9.17, 15) is 14.5 Å². The van der Waals surface area contributed by atoms with Crippen LogP contribution in [0, 0.1) is 27.3 Å². The van der Waals surface area contributed by atoms with Crippen LogP contribution < -0.4 is 5.32 Å². The maximum Gasteiger partial charge on any atom is 0.292 e. The van der Waals surface area contributed by atoms with Gasteiger partial charge in [-0.2, -0.15) is 5.26 Å². The molecule has 0 heterocycles. The topological polar surface area (TPSA) is 79.0 Å². The molecule has 0 aromatic heterocycles. The molecular weight excluding hydrogens is 261 g/mol. The van der Waals surface area contributed by atoms with Crippen LogP contribution in [0.4, 0.5) is 15.8 Å². The lowest BCUT2D eigenvalue weighted by Gasteiger charge is -2.07. The number of nitrogens with zero attached hydrogens (tertiary/aromatic N) is 2. The normalized spacial score (nSPS) is 9.80. The molecule has 2 aromatic carbocycles. The summed E-state index contributed by atoms with van der Waals surface area (Å²) in [7, 11) is 0. The Balaban J connectivity index is 2.24. The standard InChI is InChI=1S/C14H10FN3O2/c15-12-3-1-2-11(6-12)9-17-13-7-10(8-16)4-5-14(13)18(19)20/h1-7,17H,9H2. The quantitative estimate of drug-likeness (QED) is 0.684. The second-order valence-electron chi connectivity index (χ2n) is 4.08. The van der Waals surface area contributed by atoms with Crippen molar-refractivity contribution < 1.29 is 9.31 Å². The molecule has 0 bridgehead atoms. The van der Waals surface area contributed by atoms with Gasteiger partial charge in [-0.15, -0.1) is 0 Å². The van der Waals surface area contributed by atoms with Gasteiger partial charge in [0, 0.05) is 12.6 Å². The van der Waals surface area contributed by atoms with Crippen LogP contribution >= 0.6 is 0 Å². The Bertz CT molecular complexity index is 695. The van der Waals surface area contributed by atoms with E-state index < -0.39 is 4.92 Å². The van der Waals surface area contributed by atoms with E-state index in [1.165, 1.54) is 30.3 Å². The minimum atomic E-state index is -0.533. The average Bonchev–Trinajstić information content (AvgIpc) is 2.44. The van der Waals surface area contributed by atoms with Gasteiger partial charge in [0.2, 0.25) is 0 Å². The van der Waals surface area contributed by atoms with E-state index in [0.717, 1.165) is 0 Å². The smallest absolute Gasteiger partial charge is 0.292 e. The van der Waals surface area contributed by atoms with Crippen LogP contribution in [0.15, 0.2) is 42.5 Å². The fourth-order valence-electron chi connectivity index (χ4n) is 1.75. The molecular formula is C14H10FN3O2. The van der Waals surface area contributed by atoms with Gasteiger partial charge in [0.1, 0.15) is 11.5 Å². The monoisotopic (exact) mass is 271 g/mol. The Hall–Kier alpha value is -2.94. The molecule has 0 saturated heterocycles. The predicted molar refractivity (Wildman–Crippen MR) is 71.5 cm³/mol. The number of nitro groups is 1. The Kier molecular flexibility index (Phi) is 3.91. The molecule has 20 heavy (non-hydrogen) atoms. The first kappa shape index (κ1) is 13.5. The molecule has 1 N–H and O–H groups in total. The molecule has 0 radical (unpaired) electrons. The fraction of sp³-hybridized carbons (Fsp3) is 0.0714. The highest BCUT2D eigenvalue weighted by Gasteiger charge is 2.13. The number of benzene rings is 2. The first-order valence-electron chi connectivity index (χ1n) is 5.77. The Labute approximate surface area is 114 Å². The van der Waals surface area contributed by atoms with E-state index in [1.54, 1.807) is 12.1 Å². The van der Waals surface area contributed by atoms with Crippen molar-refractivity contribution in [1.82, 2.24) is 0 Å². The van der Waals surface area contributed by atoms with Crippen molar-refractivity contribution in [3.63, 3.8) is 0 Å². The third-order valence-corrected chi connectivity index (χ3v) is 2.69. The summed E-state index contributed by atoms with van der Waals surface area (Å²) in [6, 6.07) is 11.9. The fourth-order valence-corrected chi connectivity index (χ4v) is 1.75. The number of hydrogen-bond donors (Lipinski definition) is 1. The van der Waals surface area contributed by atoms with E-state index in [-0.39, 0.29) is 23.7 Å². The van der Waals surface area contributed by atoms with Gasteiger partial charge in [-0.3, -0.25) is 10.1 Å². The highest BCUT2D eigenvalue weighted by Crippen LogP contribution is 2.25. The number of halogens is 1. The number of anilines is 1. The van der Waals surface area contributed by atoms with Crippen LogP contribution in [0.3, 0.4) is 0 Å². The predicted octanol–water partition coefficient (Wildman–Crippen LogP) is 3.22. The molecule has 2 aromatic rings. The maximum absolute atomic E-state index is 13.0. The maximum atomic E-state index is 13.0. The SMILES string of the molecule is N#Cc1ccc([N+](=O)[O-])c(NCc2cccc(F)c2)c1. The Morgan fingerprint density at radius 3 is 2.75 bits per heavy atom. The average molecular weight is 271 g/mol. The Morgan fingerprint density at radius 2 is 2.10 bits per heavy atom. The van der Waals surface area contributed by atoms with Gasteiger partial charge in [-0.25, -0.2) is 4.39 Å². The van der Waals surface area contributed by atoms with Crippen molar-refractivity contribution in [2.24, 2.45) is 0 Å². The molecule has 0 spiro atoms. The second-order valence-corrected chi connectivity index (χ2v) is 4.08. The van der Waals surface area contributed by atoms with Crippen LogP contribution in [0.25, 0.3) is 0 Å². The van der Waals surface area contributed by atoms with Crippen LogP contribution in [0.1, 0.15) is 11.1 Å². The van der Waals surface area contributed by atoms with Crippen LogP contribution in [0.5, 0.6) is 0 Å². The lowest BCUT2D eigenvalue weighted by molar-refractivity contribution is -0.384. The van der Waals surface area contributed by atoms with Gasteiger partial charge in [-0.1, -0.05) is 12.1 Å². The molecule has 0 unspecified atom stereocenters. The third kappa shape index (κ3) is 3.09. The lowest BCUT2D eigenvalue weighted by atomic mass is 10.1. The van der Waals surface area contributed by atoms with E-state index in [4.69, 9.17) is 5.26 Å². The zero-order chi connectivity index (χ0) is 14.5. The molecule has 0 fully saturated rings. The summed E-state index contributed by atoms with van der Waals surface area (Å²) in [6.07, 6.45) is 0. The van der Waals surface area contributed by atoms with E-state index >= 15 is 0 Å². The number of rotatable bonds is 4. The number of hydrogen-bond acceptors (Lipinski definition) is 4. The highest BCUT2D eigenvalue weighted by atomic mass is 19.1. The first-order valence-corrected chi connectivity index (χ1v) is 5.77. The molecule has 0 aliphatic heterocycles. The summed E-state index contributed by atoms with van der Waals surface area (Å²) in [5.74, 6) is -0.371. The van der Waals surface area contributed by atoms with E-state index in [1.807, 2.05) is 6.07 Å². The summed E-state index contributed by atoms with van der Waals surface area (Å²) in [5, 5.41) is 22.6. The zero-order valence-electron chi connectivity index (χ0n) is 10.3.